The van der Waals surface area contributed by atoms with E-state index in [0.29, 0.717) is 18.6 Å². The van der Waals surface area contributed by atoms with Crippen LogP contribution in [0.1, 0.15) is 37.0 Å². The number of sulfonamides is 1. The van der Waals surface area contributed by atoms with E-state index in [1.807, 2.05) is 6.92 Å². The predicted molar refractivity (Wildman–Crippen MR) is 68.0 cm³/mol. The van der Waals surface area contributed by atoms with Gasteiger partial charge in [0.2, 0.25) is 10.0 Å². The molecule has 1 rings (SSSR count). The molecule has 5 nitrogen and oxygen atoms in total. The number of hydrogen-bond donors (Lipinski definition) is 2. The van der Waals surface area contributed by atoms with Crippen LogP contribution in [0.25, 0.3) is 0 Å². The van der Waals surface area contributed by atoms with Gasteiger partial charge in [0, 0.05) is 6.04 Å². The van der Waals surface area contributed by atoms with E-state index < -0.39 is 44.1 Å². The molecule has 8 heteroatoms. The molecule has 2 N–H and O–H groups in total. The first-order chi connectivity index (χ1) is 9.20. The molecule has 1 aromatic rings. The second kappa shape index (κ2) is 6.27. The van der Waals surface area contributed by atoms with Gasteiger partial charge in [-0.1, -0.05) is 13.3 Å². The zero-order valence-corrected chi connectivity index (χ0v) is 11.8. The fourth-order valence-electron chi connectivity index (χ4n) is 1.76. The van der Waals surface area contributed by atoms with Crippen molar-refractivity contribution < 1.29 is 27.1 Å². The van der Waals surface area contributed by atoms with Crippen molar-refractivity contribution in [2.45, 2.75) is 37.6 Å². The highest BCUT2D eigenvalue weighted by Crippen LogP contribution is 2.21. The molecule has 0 amide bonds. The van der Waals surface area contributed by atoms with Gasteiger partial charge in [-0.25, -0.2) is 26.7 Å². The number of hydrogen-bond acceptors (Lipinski definition) is 3. The van der Waals surface area contributed by atoms with Crippen LogP contribution in [0, 0.1) is 11.6 Å². The predicted octanol–water partition coefficient (Wildman–Crippen LogP) is 2.13. The zero-order valence-electron chi connectivity index (χ0n) is 11.0. The Balaban J connectivity index is 3.26. The first kappa shape index (κ1) is 16.5. The third-order valence-corrected chi connectivity index (χ3v) is 4.24. The normalized spacial score (nSPS) is 13.2. The van der Waals surface area contributed by atoms with Crippen LogP contribution in [-0.2, 0) is 10.0 Å². The lowest BCUT2D eigenvalue weighted by atomic mass is 10.2. The van der Waals surface area contributed by atoms with Gasteiger partial charge in [0.05, 0.1) is 0 Å². The number of carboxylic acids is 1. The molecule has 112 valence electrons. The summed E-state index contributed by atoms with van der Waals surface area (Å²) in [6, 6.07) is 0.881. The van der Waals surface area contributed by atoms with E-state index in [1.54, 1.807) is 6.92 Å². The Labute approximate surface area is 115 Å². The summed E-state index contributed by atoms with van der Waals surface area (Å²) in [4.78, 5) is 9.88. The molecule has 0 saturated heterocycles. The van der Waals surface area contributed by atoms with Crippen molar-refractivity contribution in [3.63, 3.8) is 0 Å². The number of carboxylic acid groups (broad SMARTS) is 1. The van der Waals surface area contributed by atoms with E-state index in [-0.39, 0.29) is 0 Å². The average Bonchev–Trinajstić information content (AvgIpc) is 2.27. The molecule has 20 heavy (non-hydrogen) atoms. The van der Waals surface area contributed by atoms with Crippen molar-refractivity contribution in [1.82, 2.24) is 4.72 Å². The van der Waals surface area contributed by atoms with Gasteiger partial charge in [-0.2, -0.15) is 0 Å². The Morgan fingerprint density at radius 1 is 1.40 bits per heavy atom. The van der Waals surface area contributed by atoms with Gasteiger partial charge >= 0.3 is 5.97 Å². The number of carbonyl (C=O) groups is 1. The van der Waals surface area contributed by atoms with E-state index in [4.69, 9.17) is 5.11 Å². The summed E-state index contributed by atoms with van der Waals surface area (Å²) in [6.45, 7) is 3.45. The first-order valence-corrected chi connectivity index (χ1v) is 7.42. The van der Waals surface area contributed by atoms with Crippen molar-refractivity contribution in [3.05, 3.63) is 29.3 Å². The summed E-state index contributed by atoms with van der Waals surface area (Å²) >= 11 is 0. The van der Waals surface area contributed by atoms with Crippen LogP contribution in [0.3, 0.4) is 0 Å². The molecule has 0 bridgehead atoms. The minimum atomic E-state index is -4.24. The fraction of sp³-hybridized carbons (Fsp3) is 0.417. The summed E-state index contributed by atoms with van der Waals surface area (Å²) < 4.78 is 53.2. The molecule has 1 atom stereocenters. The van der Waals surface area contributed by atoms with Crippen molar-refractivity contribution in [2.75, 3.05) is 0 Å². The highest BCUT2D eigenvalue weighted by Gasteiger charge is 2.27. The maximum Gasteiger partial charge on any atom is 0.341 e. The minimum Gasteiger partial charge on any atom is -0.477 e. The summed E-state index contributed by atoms with van der Waals surface area (Å²) in [6.07, 6.45) is 1.25. The highest BCUT2D eigenvalue weighted by molar-refractivity contribution is 7.89. The number of nitrogens with one attached hydrogen (secondary N) is 1. The van der Waals surface area contributed by atoms with E-state index in [1.165, 1.54) is 0 Å². The quantitative estimate of drug-likeness (QED) is 0.843. The molecule has 0 aliphatic heterocycles. The SMILES string of the molecule is CCCC(C)NS(=O)(=O)c1ccc(F)c(C(=O)O)c1F. The lowest BCUT2D eigenvalue weighted by Gasteiger charge is -2.14. The van der Waals surface area contributed by atoms with Crippen LogP contribution in [-0.4, -0.2) is 25.5 Å². The third-order valence-electron chi connectivity index (χ3n) is 2.64. The van der Waals surface area contributed by atoms with Crippen LogP contribution in [0.5, 0.6) is 0 Å². The fourth-order valence-corrected chi connectivity index (χ4v) is 3.12. The Hall–Kier alpha value is -1.54. The standard InChI is InChI=1S/C12H15F2NO4S/c1-3-4-7(2)15-20(18,19)9-6-5-8(13)10(11(9)14)12(16)17/h5-7,15H,3-4H2,1-2H3,(H,16,17). The smallest absolute Gasteiger partial charge is 0.341 e. The second-order valence-electron chi connectivity index (χ2n) is 4.35. The average molecular weight is 307 g/mol. The van der Waals surface area contributed by atoms with E-state index in [9.17, 15) is 22.0 Å². The Kier molecular flexibility index (Phi) is 5.18. The monoisotopic (exact) mass is 307 g/mol. The molecule has 0 spiro atoms. The van der Waals surface area contributed by atoms with Gasteiger partial charge in [0.25, 0.3) is 0 Å². The van der Waals surface area contributed by atoms with Gasteiger partial charge in [0.1, 0.15) is 16.3 Å². The van der Waals surface area contributed by atoms with Gasteiger partial charge in [0.15, 0.2) is 5.82 Å². The van der Waals surface area contributed by atoms with Crippen LogP contribution in [0.15, 0.2) is 17.0 Å². The highest BCUT2D eigenvalue weighted by atomic mass is 32.2. The van der Waals surface area contributed by atoms with E-state index in [2.05, 4.69) is 4.72 Å². The number of halogens is 2. The number of rotatable bonds is 6. The molecule has 0 heterocycles. The molecule has 0 radical (unpaired) electrons. The lowest BCUT2D eigenvalue weighted by molar-refractivity contribution is 0.0685. The number of benzene rings is 1. The maximum absolute atomic E-state index is 13.9. The van der Waals surface area contributed by atoms with Gasteiger partial charge in [-0.15, -0.1) is 0 Å². The van der Waals surface area contributed by atoms with Crippen LogP contribution >= 0.6 is 0 Å². The Bertz CT molecular complexity index is 616. The lowest BCUT2D eigenvalue weighted by Crippen LogP contribution is -2.33. The van der Waals surface area contributed by atoms with Crippen molar-refractivity contribution >= 4 is 16.0 Å². The summed E-state index contributed by atoms with van der Waals surface area (Å²) in [5.74, 6) is -4.79. The first-order valence-electron chi connectivity index (χ1n) is 5.94. The molecular formula is C12H15F2NO4S. The summed E-state index contributed by atoms with van der Waals surface area (Å²) in [5, 5.41) is 8.71. The summed E-state index contributed by atoms with van der Waals surface area (Å²) in [7, 11) is -4.24. The molecule has 1 unspecified atom stereocenters. The molecule has 1 aromatic carbocycles. The van der Waals surface area contributed by atoms with Gasteiger partial charge < -0.3 is 5.11 Å². The molecular weight excluding hydrogens is 292 g/mol. The van der Waals surface area contributed by atoms with Crippen LogP contribution in [0.4, 0.5) is 8.78 Å². The Morgan fingerprint density at radius 2 is 2.00 bits per heavy atom. The van der Waals surface area contributed by atoms with E-state index in [0.717, 1.165) is 6.42 Å². The molecule has 0 aromatic heterocycles. The van der Waals surface area contributed by atoms with E-state index >= 15 is 0 Å². The minimum absolute atomic E-state index is 0.442. The maximum atomic E-state index is 13.9. The topological polar surface area (TPSA) is 83.5 Å². The summed E-state index contributed by atoms with van der Waals surface area (Å²) in [5.41, 5.74) is -1.28. The number of aromatic carboxylic acids is 1. The molecule has 0 saturated carbocycles. The molecule has 0 aliphatic rings. The molecule has 0 fully saturated rings. The molecule has 0 aliphatic carbocycles. The van der Waals surface area contributed by atoms with Crippen molar-refractivity contribution in [1.29, 1.82) is 0 Å². The third kappa shape index (κ3) is 3.51. The zero-order chi connectivity index (χ0) is 15.5. The van der Waals surface area contributed by atoms with Crippen LogP contribution < -0.4 is 4.72 Å². The van der Waals surface area contributed by atoms with Crippen molar-refractivity contribution in [3.8, 4) is 0 Å². The van der Waals surface area contributed by atoms with Crippen molar-refractivity contribution in [2.24, 2.45) is 0 Å². The van der Waals surface area contributed by atoms with Gasteiger partial charge in [-0.05, 0) is 25.5 Å². The largest absolute Gasteiger partial charge is 0.477 e. The Morgan fingerprint density at radius 3 is 2.50 bits per heavy atom. The second-order valence-corrected chi connectivity index (χ2v) is 6.03. The van der Waals surface area contributed by atoms with Crippen LogP contribution in [0.2, 0.25) is 0 Å². The van der Waals surface area contributed by atoms with Gasteiger partial charge in [-0.3, -0.25) is 0 Å².